The predicted octanol–water partition coefficient (Wildman–Crippen LogP) is 11.7. The predicted molar refractivity (Wildman–Crippen MR) is 172 cm³/mol. The van der Waals surface area contributed by atoms with E-state index < -0.39 is 0 Å². The highest BCUT2D eigenvalue weighted by atomic mass is 32.2. The average Bonchev–Trinajstić information content (AvgIpc) is 2.96. The normalized spacial score (nSPS) is 11.3. The van der Waals surface area contributed by atoms with E-state index in [4.69, 9.17) is 4.74 Å². The first-order valence-electron chi connectivity index (χ1n) is 15.9. The molecule has 39 heavy (non-hydrogen) atoms. The molecule has 3 heteroatoms. The molecule has 0 saturated heterocycles. The Labute approximate surface area is 244 Å². The molecule has 0 radical (unpaired) electrons. The second-order valence-electron chi connectivity index (χ2n) is 10.7. The summed E-state index contributed by atoms with van der Waals surface area (Å²) in [5.74, 6) is 2.04. The van der Waals surface area contributed by atoms with Gasteiger partial charge >= 0.3 is 0 Å². The minimum absolute atomic E-state index is 0.0357. The highest BCUT2D eigenvalue weighted by molar-refractivity contribution is 7.99. The molecule has 0 fully saturated rings. The number of allylic oxidation sites excluding steroid dienone is 1. The van der Waals surface area contributed by atoms with Gasteiger partial charge in [0.25, 0.3) is 0 Å². The Morgan fingerprint density at radius 2 is 1.13 bits per heavy atom. The quantitative estimate of drug-likeness (QED) is 0.0562. The van der Waals surface area contributed by atoms with Gasteiger partial charge in [-0.2, -0.15) is 0 Å². The number of hydrogen-bond acceptors (Lipinski definition) is 3. The van der Waals surface area contributed by atoms with Gasteiger partial charge in [-0.1, -0.05) is 128 Å². The van der Waals surface area contributed by atoms with Crippen LogP contribution in [0.5, 0.6) is 5.75 Å². The third kappa shape index (κ3) is 16.6. The molecule has 2 aromatic carbocycles. The van der Waals surface area contributed by atoms with Gasteiger partial charge in [0.05, 0.1) is 6.61 Å². The number of thioether (sulfide) groups is 1. The molecule has 0 bridgehead atoms. The molecular weight excluding hydrogens is 496 g/mol. The maximum atomic E-state index is 12.5. The van der Waals surface area contributed by atoms with Crippen LogP contribution in [0.1, 0.15) is 139 Å². The SMILES string of the molecule is CCCCCCCCCCCCCCCCCCCSc1ccc(C(=O)C=Cc2ccc(OCC)cc2)cc1. The number of unbranched alkanes of at least 4 members (excludes halogenated alkanes) is 16. The summed E-state index contributed by atoms with van der Waals surface area (Å²) < 4.78 is 5.46. The molecule has 0 atom stereocenters. The van der Waals surface area contributed by atoms with Crippen LogP contribution in [0.3, 0.4) is 0 Å². The maximum absolute atomic E-state index is 12.5. The van der Waals surface area contributed by atoms with Gasteiger partial charge in [-0.05, 0) is 67.1 Å². The lowest BCUT2D eigenvalue weighted by molar-refractivity contribution is 0.104. The fourth-order valence-electron chi connectivity index (χ4n) is 4.84. The minimum atomic E-state index is 0.0357. The average molecular weight is 551 g/mol. The molecule has 0 aliphatic carbocycles. The largest absolute Gasteiger partial charge is 0.494 e. The van der Waals surface area contributed by atoms with E-state index in [1.54, 1.807) is 6.08 Å². The zero-order valence-electron chi connectivity index (χ0n) is 24.9. The number of carbonyl (C=O) groups excluding carboxylic acids is 1. The minimum Gasteiger partial charge on any atom is -0.494 e. The third-order valence-corrected chi connectivity index (χ3v) is 8.37. The summed E-state index contributed by atoms with van der Waals surface area (Å²) in [7, 11) is 0. The van der Waals surface area contributed by atoms with Gasteiger partial charge < -0.3 is 4.74 Å². The van der Waals surface area contributed by atoms with Crippen LogP contribution in [0.25, 0.3) is 6.08 Å². The van der Waals surface area contributed by atoms with Crippen molar-refractivity contribution in [3.63, 3.8) is 0 Å². The van der Waals surface area contributed by atoms with E-state index in [1.165, 1.54) is 114 Å². The highest BCUT2D eigenvalue weighted by Gasteiger charge is 2.03. The second-order valence-corrected chi connectivity index (χ2v) is 11.9. The van der Waals surface area contributed by atoms with Crippen LogP contribution >= 0.6 is 11.8 Å². The molecule has 216 valence electrons. The van der Waals surface area contributed by atoms with Crippen molar-refractivity contribution in [2.45, 2.75) is 128 Å². The first kappa shape index (κ1) is 33.2. The van der Waals surface area contributed by atoms with Crippen molar-refractivity contribution in [3.05, 3.63) is 65.7 Å². The molecule has 0 unspecified atom stereocenters. The van der Waals surface area contributed by atoms with Crippen LogP contribution in [0.2, 0.25) is 0 Å². The van der Waals surface area contributed by atoms with Gasteiger partial charge in [0.1, 0.15) is 5.75 Å². The second kappa shape index (κ2) is 22.8. The van der Waals surface area contributed by atoms with E-state index in [1.807, 2.05) is 61.2 Å². The van der Waals surface area contributed by atoms with Gasteiger partial charge in [0.15, 0.2) is 5.78 Å². The summed E-state index contributed by atoms with van der Waals surface area (Å²) in [5.41, 5.74) is 1.73. The van der Waals surface area contributed by atoms with Crippen LogP contribution in [-0.2, 0) is 0 Å². The number of ketones is 1. The van der Waals surface area contributed by atoms with E-state index >= 15 is 0 Å². The van der Waals surface area contributed by atoms with E-state index in [2.05, 4.69) is 19.1 Å². The Bertz CT molecular complexity index is 885. The lowest BCUT2D eigenvalue weighted by Crippen LogP contribution is -1.94. The standard InChI is InChI=1S/C36H54O2S/c1-3-5-6-7-8-9-10-11-12-13-14-15-16-17-18-19-20-31-39-35-28-24-33(25-29-35)36(37)30-23-32-21-26-34(27-22-32)38-4-2/h21-30H,3-20,31H2,1-2H3. The van der Waals surface area contributed by atoms with Gasteiger partial charge in [-0.3, -0.25) is 4.79 Å². The van der Waals surface area contributed by atoms with E-state index in [0.29, 0.717) is 6.61 Å². The van der Waals surface area contributed by atoms with Crippen LogP contribution in [0, 0.1) is 0 Å². The van der Waals surface area contributed by atoms with Crippen molar-refractivity contribution >= 4 is 23.6 Å². The van der Waals surface area contributed by atoms with Crippen molar-refractivity contribution in [2.75, 3.05) is 12.4 Å². The van der Waals surface area contributed by atoms with E-state index in [0.717, 1.165) is 22.6 Å². The Kier molecular flexibility index (Phi) is 19.4. The first-order chi connectivity index (χ1) is 19.2. The van der Waals surface area contributed by atoms with E-state index in [9.17, 15) is 4.79 Å². The van der Waals surface area contributed by atoms with Crippen molar-refractivity contribution in [1.82, 2.24) is 0 Å². The summed E-state index contributed by atoms with van der Waals surface area (Å²) in [4.78, 5) is 13.8. The number of rotatable bonds is 24. The number of hydrogen-bond donors (Lipinski definition) is 0. The molecule has 2 aromatic rings. The smallest absolute Gasteiger partial charge is 0.185 e. The Morgan fingerprint density at radius 3 is 1.62 bits per heavy atom. The Hall–Kier alpha value is -2.00. The molecule has 2 rings (SSSR count). The van der Waals surface area contributed by atoms with E-state index in [-0.39, 0.29) is 5.78 Å². The van der Waals surface area contributed by atoms with Crippen LogP contribution in [-0.4, -0.2) is 18.1 Å². The topological polar surface area (TPSA) is 26.3 Å². The molecular formula is C36H54O2S. The highest BCUT2D eigenvalue weighted by Crippen LogP contribution is 2.21. The molecule has 0 N–H and O–H groups in total. The van der Waals surface area contributed by atoms with Crippen LogP contribution < -0.4 is 4.74 Å². The van der Waals surface area contributed by atoms with Crippen LogP contribution in [0.15, 0.2) is 59.5 Å². The van der Waals surface area contributed by atoms with Crippen molar-refractivity contribution in [2.24, 2.45) is 0 Å². The van der Waals surface area contributed by atoms with Gasteiger partial charge in [0.2, 0.25) is 0 Å². The molecule has 2 nitrogen and oxygen atoms in total. The maximum Gasteiger partial charge on any atom is 0.185 e. The fraction of sp³-hybridized carbons (Fsp3) is 0.583. The lowest BCUT2D eigenvalue weighted by atomic mass is 10.0. The Balaban J connectivity index is 1.43. The molecule has 0 amide bonds. The van der Waals surface area contributed by atoms with Crippen LogP contribution in [0.4, 0.5) is 0 Å². The van der Waals surface area contributed by atoms with Gasteiger partial charge in [0, 0.05) is 10.5 Å². The Morgan fingerprint density at radius 1 is 0.641 bits per heavy atom. The molecule has 0 aliphatic heterocycles. The summed E-state index contributed by atoms with van der Waals surface area (Å²) in [6, 6.07) is 15.8. The monoisotopic (exact) mass is 550 g/mol. The van der Waals surface area contributed by atoms with Gasteiger partial charge in [-0.25, -0.2) is 0 Å². The molecule has 0 heterocycles. The molecule has 0 aromatic heterocycles. The number of carbonyl (C=O) groups is 1. The van der Waals surface area contributed by atoms with Crippen molar-refractivity contribution < 1.29 is 9.53 Å². The molecule has 0 spiro atoms. The number of benzene rings is 2. The number of ether oxygens (including phenoxy) is 1. The summed E-state index contributed by atoms with van der Waals surface area (Å²) in [5, 5.41) is 0. The van der Waals surface area contributed by atoms with Gasteiger partial charge in [-0.15, -0.1) is 11.8 Å². The molecule has 0 aliphatic rings. The summed E-state index contributed by atoms with van der Waals surface area (Å²) in [6.45, 7) is 4.92. The summed E-state index contributed by atoms with van der Waals surface area (Å²) in [6.07, 6.45) is 27.5. The van der Waals surface area contributed by atoms with Crippen molar-refractivity contribution in [3.8, 4) is 5.75 Å². The first-order valence-corrected chi connectivity index (χ1v) is 16.9. The third-order valence-electron chi connectivity index (χ3n) is 7.27. The molecule has 0 saturated carbocycles. The zero-order chi connectivity index (χ0) is 27.8. The lowest BCUT2D eigenvalue weighted by Gasteiger charge is -2.05. The fourth-order valence-corrected chi connectivity index (χ4v) is 5.76. The van der Waals surface area contributed by atoms with Crippen molar-refractivity contribution in [1.29, 1.82) is 0 Å². The summed E-state index contributed by atoms with van der Waals surface area (Å²) >= 11 is 1.90. The zero-order valence-corrected chi connectivity index (χ0v) is 25.7.